The first kappa shape index (κ1) is 13.9. The minimum atomic E-state index is -0.536. The predicted octanol–water partition coefficient (Wildman–Crippen LogP) is 3.09. The van der Waals surface area contributed by atoms with E-state index in [9.17, 15) is 14.5 Å². The van der Waals surface area contributed by atoms with Crippen LogP contribution in [0.4, 0.5) is 15.9 Å². The standard InChI is InChI=1S/C14H14FN3O2/c1-10-8-12(15)3-2-11(10)6-7-16-13-4-5-14(17-9-13)18(19)20/h2-5,8-9,16H,6-7H2,1H3. The largest absolute Gasteiger partial charge is 0.382 e. The van der Waals surface area contributed by atoms with Crippen LogP contribution in [-0.2, 0) is 6.42 Å². The number of nitro groups is 1. The molecule has 0 unspecified atom stereocenters. The first-order chi connectivity index (χ1) is 9.56. The van der Waals surface area contributed by atoms with E-state index >= 15 is 0 Å². The number of aromatic nitrogens is 1. The Morgan fingerprint density at radius 1 is 1.35 bits per heavy atom. The highest BCUT2D eigenvalue weighted by Crippen LogP contribution is 2.13. The van der Waals surface area contributed by atoms with Gasteiger partial charge in [0.2, 0.25) is 0 Å². The number of hydrogen-bond acceptors (Lipinski definition) is 4. The first-order valence-electron chi connectivity index (χ1n) is 6.15. The van der Waals surface area contributed by atoms with Crippen molar-refractivity contribution in [3.63, 3.8) is 0 Å². The average Bonchev–Trinajstić information content (AvgIpc) is 2.42. The highest BCUT2D eigenvalue weighted by Gasteiger charge is 2.06. The van der Waals surface area contributed by atoms with Crippen molar-refractivity contribution in [1.82, 2.24) is 4.98 Å². The SMILES string of the molecule is Cc1cc(F)ccc1CCNc1ccc([N+](=O)[O-])nc1. The second-order valence-corrected chi connectivity index (χ2v) is 4.41. The monoisotopic (exact) mass is 275 g/mol. The van der Waals surface area contributed by atoms with Gasteiger partial charge in [0.05, 0.1) is 5.69 Å². The van der Waals surface area contributed by atoms with E-state index in [-0.39, 0.29) is 11.6 Å². The van der Waals surface area contributed by atoms with Crippen molar-refractivity contribution in [2.45, 2.75) is 13.3 Å². The van der Waals surface area contributed by atoms with Crippen molar-refractivity contribution in [2.75, 3.05) is 11.9 Å². The third kappa shape index (κ3) is 3.50. The van der Waals surface area contributed by atoms with Crippen LogP contribution in [-0.4, -0.2) is 16.5 Å². The molecule has 1 N–H and O–H groups in total. The van der Waals surface area contributed by atoms with Crippen LogP contribution in [0.5, 0.6) is 0 Å². The molecule has 20 heavy (non-hydrogen) atoms. The maximum atomic E-state index is 13.0. The summed E-state index contributed by atoms with van der Waals surface area (Å²) in [5.74, 6) is -0.413. The molecule has 0 amide bonds. The van der Waals surface area contributed by atoms with Gasteiger partial charge in [0.1, 0.15) is 5.82 Å². The minimum absolute atomic E-state index is 0.176. The van der Waals surface area contributed by atoms with Crippen molar-refractivity contribution in [3.8, 4) is 0 Å². The second kappa shape index (κ2) is 6.10. The normalized spacial score (nSPS) is 10.3. The molecule has 0 aliphatic carbocycles. The Kier molecular flexibility index (Phi) is 4.24. The Morgan fingerprint density at radius 2 is 2.15 bits per heavy atom. The zero-order valence-electron chi connectivity index (χ0n) is 11.0. The summed E-state index contributed by atoms with van der Waals surface area (Å²) in [6.07, 6.45) is 2.17. The first-order valence-corrected chi connectivity index (χ1v) is 6.15. The van der Waals surface area contributed by atoms with Gasteiger partial charge >= 0.3 is 5.82 Å². The third-order valence-corrected chi connectivity index (χ3v) is 2.96. The van der Waals surface area contributed by atoms with Gasteiger partial charge in [-0.25, -0.2) is 4.39 Å². The lowest BCUT2D eigenvalue weighted by molar-refractivity contribution is -0.389. The highest BCUT2D eigenvalue weighted by atomic mass is 19.1. The molecule has 6 heteroatoms. The number of halogens is 1. The maximum Gasteiger partial charge on any atom is 0.363 e. The number of benzene rings is 1. The summed E-state index contributed by atoms with van der Waals surface area (Å²) >= 11 is 0. The van der Waals surface area contributed by atoms with Crippen molar-refractivity contribution < 1.29 is 9.31 Å². The van der Waals surface area contributed by atoms with Crippen LogP contribution in [0.1, 0.15) is 11.1 Å². The summed E-state index contributed by atoms with van der Waals surface area (Å²) in [7, 11) is 0. The third-order valence-electron chi connectivity index (χ3n) is 2.96. The Morgan fingerprint density at radius 3 is 2.75 bits per heavy atom. The number of rotatable bonds is 5. The van der Waals surface area contributed by atoms with Gasteiger partial charge in [0.15, 0.2) is 6.20 Å². The summed E-state index contributed by atoms with van der Waals surface area (Å²) in [5.41, 5.74) is 2.69. The van der Waals surface area contributed by atoms with Crippen molar-refractivity contribution in [2.24, 2.45) is 0 Å². The quantitative estimate of drug-likeness (QED) is 0.672. The lowest BCUT2D eigenvalue weighted by Crippen LogP contribution is -2.06. The van der Waals surface area contributed by atoms with Crippen LogP contribution in [0.3, 0.4) is 0 Å². The Labute approximate surface area is 115 Å². The molecule has 1 aromatic heterocycles. The van der Waals surface area contributed by atoms with Gasteiger partial charge in [0, 0.05) is 12.6 Å². The second-order valence-electron chi connectivity index (χ2n) is 4.41. The van der Waals surface area contributed by atoms with Crippen LogP contribution in [0.25, 0.3) is 0 Å². The van der Waals surface area contributed by atoms with Gasteiger partial charge < -0.3 is 15.4 Å². The van der Waals surface area contributed by atoms with Crippen LogP contribution >= 0.6 is 0 Å². The van der Waals surface area contributed by atoms with Gasteiger partial charge in [-0.3, -0.25) is 0 Å². The summed E-state index contributed by atoms with van der Waals surface area (Å²) in [6.45, 7) is 2.51. The van der Waals surface area contributed by atoms with E-state index in [2.05, 4.69) is 10.3 Å². The molecule has 104 valence electrons. The van der Waals surface area contributed by atoms with E-state index in [1.165, 1.54) is 24.4 Å². The lowest BCUT2D eigenvalue weighted by atomic mass is 10.1. The molecule has 0 radical (unpaired) electrons. The lowest BCUT2D eigenvalue weighted by Gasteiger charge is -2.07. The summed E-state index contributed by atoms with van der Waals surface area (Å²) in [5, 5.41) is 13.6. The molecule has 0 fully saturated rings. The van der Waals surface area contributed by atoms with Crippen LogP contribution in [0.2, 0.25) is 0 Å². The zero-order chi connectivity index (χ0) is 14.5. The van der Waals surface area contributed by atoms with E-state index in [1.807, 2.05) is 6.92 Å². The highest BCUT2D eigenvalue weighted by molar-refractivity contribution is 5.43. The van der Waals surface area contributed by atoms with Gasteiger partial charge in [-0.2, -0.15) is 0 Å². The molecular weight excluding hydrogens is 261 g/mol. The smallest absolute Gasteiger partial charge is 0.363 e. The van der Waals surface area contributed by atoms with Gasteiger partial charge in [0.25, 0.3) is 0 Å². The summed E-state index contributed by atoms with van der Waals surface area (Å²) in [4.78, 5) is 13.7. The van der Waals surface area contributed by atoms with Crippen LogP contribution in [0.15, 0.2) is 36.5 Å². The molecule has 0 aliphatic heterocycles. The Hall–Kier alpha value is -2.50. The molecule has 0 spiro atoms. The fourth-order valence-electron chi connectivity index (χ4n) is 1.88. The van der Waals surface area contributed by atoms with Gasteiger partial charge in [-0.1, -0.05) is 6.07 Å². The molecule has 0 aliphatic rings. The average molecular weight is 275 g/mol. The fraction of sp³-hybridized carbons (Fsp3) is 0.214. The van der Waals surface area contributed by atoms with Gasteiger partial charge in [-0.15, -0.1) is 0 Å². The number of hydrogen-bond donors (Lipinski definition) is 1. The number of aryl methyl sites for hydroxylation is 1. The molecule has 2 aromatic rings. The van der Waals surface area contributed by atoms with E-state index in [1.54, 1.807) is 12.1 Å². The Balaban J connectivity index is 1.91. The number of pyridine rings is 1. The van der Waals surface area contributed by atoms with Gasteiger partial charge in [-0.05, 0) is 52.6 Å². The molecular formula is C14H14FN3O2. The summed E-state index contributed by atoms with van der Waals surface area (Å²) < 4.78 is 13.0. The topological polar surface area (TPSA) is 68.1 Å². The fourth-order valence-corrected chi connectivity index (χ4v) is 1.88. The van der Waals surface area contributed by atoms with Crippen LogP contribution in [0, 0.1) is 22.9 Å². The number of anilines is 1. The molecule has 5 nitrogen and oxygen atoms in total. The van der Waals surface area contributed by atoms with E-state index in [0.717, 1.165) is 23.2 Å². The molecule has 0 atom stereocenters. The maximum absolute atomic E-state index is 13.0. The molecule has 2 rings (SSSR count). The molecule has 0 bridgehead atoms. The summed E-state index contributed by atoms with van der Waals surface area (Å²) in [6, 6.07) is 7.67. The number of nitrogens with zero attached hydrogens (tertiary/aromatic N) is 2. The van der Waals surface area contributed by atoms with Crippen molar-refractivity contribution in [1.29, 1.82) is 0 Å². The van der Waals surface area contributed by atoms with Crippen molar-refractivity contribution >= 4 is 11.5 Å². The molecule has 1 aromatic carbocycles. The predicted molar refractivity (Wildman–Crippen MR) is 74.2 cm³/mol. The van der Waals surface area contributed by atoms with E-state index < -0.39 is 4.92 Å². The molecule has 1 heterocycles. The number of nitrogens with one attached hydrogen (secondary N) is 1. The van der Waals surface area contributed by atoms with Crippen LogP contribution < -0.4 is 5.32 Å². The van der Waals surface area contributed by atoms with Crippen molar-refractivity contribution in [3.05, 3.63) is 63.6 Å². The molecule has 0 saturated heterocycles. The molecule has 0 saturated carbocycles. The Bertz CT molecular complexity index is 614. The minimum Gasteiger partial charge on any atom is -0.382 e. The van der Waals surface area contributed by atoms with E-state index in [0.29, 0.717) is 6.54 Å². The zero-order valence-corrected chi connectivity index (χ0v) is 11.0. The van der Waals surface area contributed by atoms with E-state index in [4.69, 9.17) is 0 Å².